The second-order valence-electron chi connectivity index (χ2n) is 4.60. The number of nitrogens with one attached hydrogen (secondary N) is 1. The van der Waals surface area contributed by atoms with Crippen LogP contribution in [0.15, 0.2) is 0 Å². The SMILES string of the molecule is Cc1nnsc1C(=O)NCC(C)(O)CN(C)C. The van der Waals surface area contributed by atoms with Gasteiger partial charge in [-0.2, -0.15) is 0 Å². The number of nitrogens with zero attached hydrogens (tertiary/aromatic N) is 3. The first-order valence-electron chi connectivity index (χ1n) is 5.26. The van der Waals surface area contributed by atoms with E-state index in [4.69, 9.17) is 0 Å². The minimum Gasteiger partial charge on any atom is -0.387 e. The van der Waals surface area contributed by atoms with Gasteiger partial charge < -0.3 is 15.3 Å². The van der Waals surface area contributed by atoms with Crippen LogP contribution in [-0.2, 0) is 0 Å². The molecule has 0 saturated carbocycles. The highest BCUT2D eigenvalue weighted by Crippen LogP contribution is 2.09. The molecule has 1 aromatic heterocycles. The van der Waals surface area contributed by atoms with Crippen molar-refractivity contribution in [3.8, 4) is 0 Å². The Kier molecular flexibility index (Phi) is 4.55. The summed E-state index contributed by atoms with van der Waals surface area (Å²) in [6.07, 6.45) is 0. The number of hydrogen-bond acceptors (Lipinski definition) is 6. The summed E-state index contributed by atoms with van der Waals surface area (Å²) in [5, 5.41) is 16.5. The first-order valence-corrected chi connectivity index (χ1v) is 6.03. The summed E-state index contributed by atoms with van der Waals surface area (Å²) in [7, 11) is 3.74. The molecule has 0 radical (unpaired) electrons. The van der Waals surface area contributed by atoms with Gasteiger partial charge >= 0.3 is 0 Å². The van der Waals surface area contributed by atoms with E-state index >= 15 is 0 Å². The minimum absolute atomic E-state index is 0.196. The molecule has 0 aromatic carbocycles. The maximum absolute atomic E-state index is 11.8. The molecule has 0 saturated heterocycles. The first-order chi connectivity index (χ1) is 7.82. The van der Waals surface area contributed by atoms with E-state index < -0.39 is 5.60 Å². The second kappa shape index (κ2) is 5.52. The fraction of sp³-hybridized carbons (Fsp3) is 0.700. The number of aromatic nitrogens is 2. The highest BCUT2D eigenvalue weighted by Gasteiger charge is 2.23. The van der Waals surface area contributed by atoms with E-state index in [9.17, 15) is 9.90 Å². The Labute approximate surface area is 105 Å². The molecular weight excluding hydrogens is 240 g/mol. The van der Waals surface area contributed by atoms with E-state index in [0.717, 1.165) is 11.5 Å². The largest absolute Gasteiger partial charge is 0.387 e. The van der Waals surface area contributed by atoms with Crippen molar-refractivity contribution in [2.24, 2.45) is 0 Å². The molecule has 0 aliphatic rings. The monoisotopic (exact) mass is 258 g/mol. The lowest BCUT2D eigenvalue weighted by molar-refractivity contribution is 0.0326. The first kappa shape index (κ1) is 14.0. The third-order valence-electron chi connectivity index (χ3n) is 2.14. The van der Waals surface area contributed by atoms with E-state index in [0.29, 0.717) is 17.1 Å². The van der Waals surface area contributed by atoms with Gasteiger partial charge in [0.2, 0.25) is 0 Å². The van der Waals surface area contributed by atoms with Crippen LogP contribution < -0.4 is 5.32 Å². The van der Waals surface area contributed by atoms with Gasteiger partial charge in [0.1, 0.15) is 4.88 Å². The van der Waals surface area contributed by atoms with E-state index in [1.54, 1.807) is 13.8 Å². The molecule has 1 unspecified atom stereocenters. The van der Waals surface area contributed by atoms with E-state index in [-0.39, 0.29) is 12.5 Å². The lowest BCUT2D eigenvalue weighted by atomic mass is 10.1. The van der Waals surface area contributed by atoms with Gasteiger partial charge in [-0.25, -0.2) is 0 Å². The zero-order valence-electron chi connectivity index (χ0n) is 10.5. The normalized spacial score (nSPS) is 14.7. The van der Waals surface area contributed by atoms with Crippen LogP contribution in [0.2, 0.25) is 0 Å². The number of hydrogen-bond donors (Lipinski definition) is 2. The van der Waals surface area contributed by atoms with Gasteiger partial charge in [0.05, 0.1) is 11.3 Å². The highest BCUT2D eigenvalue weighted by atomic mass is 32.1. The van der Waals surface area contributed by atoms with E-state index in [2.05, 4.69) is 14.9 Å². The predicted molar refractivity (Wildman–Crippen MR) is 66.2 cm³/mol. The average molecular weight is 258 g/mol. The van der Waals surface area contributed by atoms with Crippen LogP contribution in [0, 0.1) is 6.92 Å². The molecule has 17 heavy (non-hydrogen) atoms. The zero-order chi connectivity index (χ0) is 13.1. The molecule has 6 nitrogen and oxygen atoms in total. The van der Waals surface area contributed by atoms with Crippen molar-refractivity contribution in [3.05, 3.63) is 10.6 Å². The summed E-state index contributed by atoms with van der Waals surface area (Å²) in [6, 6.07) is 0. The highest BCUT2D eigenvalue weighted by molar-refractivity contribution is 7.07. The third kappa shape index (κ3) is 4.37. The van der Waals surface area contributed by atoms with Crippen molar-refractivity contribution in [1.29, 1.82) is 0 Å². The second-order valence-corrected chi connectivity index (χ2v) is 5.36. The molecule has 7 heteroatoms. The van der Waals surface area contributed by atoms with Crippen LogP contribution >= 0.6 is 11.5 Å². The van der Waals surface area contributed by atoms with E-state index in [1.165, 1.54) is 0 Å². The molecule has 2 N–H and O–H groups in total. The molecule has 1 atom stereocenters. The van der Waals surface area contributed by atoms with Gasteiger partial charge in [0.15, 0.2) is 0 Å². The van der Waals surface area contributed by atoms with Gasteiger partial charge in [0.25, 0.3) is 5.91 Å². The quantitative estimate of drug-likeness (QED) is 0.770. The number of aliphatic hydroxyl groups is 1. The number of likely N-dealkylation sites (N-methyl/N-ethyl adjacent to an activating group) is 1. The van der Waals surface area contributed by atoms with Crippen LogP contribution in [0.3, 0.4) is 0 Å². The number of aryl methyl sites for hydroxylation is 1. The predicted octanol–water partition coefficient (Wildman–Crippen LogP) is -0.111. The fourth-order valence-electron chi connectivity index (χ4n) is 1.53. The molecule has 1 rings (SSSR count). The lowest BCUT2D eigenvalue weighted by Gasteiger charge is -2.26. The van der Waals surface area contributed by atoms with Gasteiger partial charge in [0, 0.05) is 13.1 Å². The van der Waals surface area contributed by atoms with Gasteiger partial charge in [-0.1, -0.05) is 4.49 Å². The summed E-state index contributed by atoms with van der Waals surface area (Å²) in [5.41, 5.74) is -0.342. The maximum atomic E-state index is 11.8. The van der Waals surface area contributed by atoms with Gasteiger partial charge in [-0.3, -0.25) is 4.79 Å². The van der Waals surface area contributed by atoms with Crippen LogP contribution in [0.4, 0.5) is 0 Å². The van der Waals surface area contributed by atoms with Crippen LogP contribution in [0.5, 0.6) is 0 Å². The Morgan fingerprint density at radius 1 is 1.59 bits per heavy atom. The molecule has 0 fully saturated rings. The van der Waals surface area contributed by atoms with Crippen molar-refractivity contribution in [3.63, 3.8) is 0 Å². The van der Waals surface area contributed by atoms with Crippen molar-refractivity contribution in [2.75, 3.05) is 27.2 Å². The number of rotatable bonds is 5. The summed E-state index contributed by atoms with van der Waals surface area (Å²) < 4.78 is 3.70. The Bertz CT molecular complexity index is 389. The summed E-state index contributed by atoms with van der Waals surface area (Å²) in [6.45, 7) is 4.09. The summed E-state index contributed by atoms with van der Waals surface area (Å²) in [5.74, 6) is -0.239. The van der Waals surface area contributed by atoms with Crippen molar-refractivity contribution in [2.45, 2.75) is 19.4 Å². The van der Waals surface area contributed by atoms with Gasteiger partial charge in [-0.15, -0.1) is 5.10 Å². The Morgan fingerprint density at radius 2 is 2.24 bits per heavy atom. The molecular formula is C10H18N4O2S. The third-order valence-corrected chi connectivity index (χ3v) is 2.97. The fourth-order valence-corrected chi connectivity index (χ4v) is 2.10. The molecule has 0 spiro atoms. The smallest absolute Gasteiger partial charge is 0.265 e. The van der Waals surface area contributed by atoms with Crippen LogP contribution in [0.25, 0.3) is 0 Å². The summed E-state index contributed by atoms with van der Waals surface area (Å²) in [4.78, 5) is 14.1. The Morgan fingerprint density at radius 3 is 2.71 bits per heavy atom. The Hall–Kier alpha value is -1.05. The van der Waals surface area contributed by atoms with Crippen molar-refractivity contribution < 1.29 is 9.90 Å². The van der Waals surface area contributed by atoms with Crippen molar-refractivity contribution in [1.82, 2.24) is 19.8 Å². The van der Waals surface area contributed by atoms with E-state index in [1.807, 2.05) is 19.0 Å². The van der Waals surface area contributed by atoms with Gasteiger partial charge in [-0.05, 0) is 39.5 Å². The molecule has 0 aliphatic heterocycles. The number of carbonyl (C=O) groups excluding carboxylic acids is 1. The molecule has 1 amide bonds. The molecule has 0 bridgehead atoms. The lowest BCUT2D eigenvalue weighted by Crippen LogP contribution is -2.47. The minimum atomic E-state index is -0.953. The Balaban J connectivity index is 2.51. The standard InChI is InChI=1S/C10H18N4O2S/c1-7-8(17-13-12-7)9(15)11-5-10(2,16)6-14(3)4/h16H,5-6H2,1-4H3,(H,11,15). The molecule has 0 aliphatic carbocycles. The molecule has 96 valence electrons. The molecule has 1 heterocycles. The summed E-state index contributed by atoms with van der Waals surface area (Å²) >= 11 is 1.06. The average Bonchev–Trinajstić information content (AvgIpc) is 2.59. The van der Waals surface area contributed by atoms with Crippen LogP contribution in [0.1, 0.15) is 22.3 Å². The van der Waals surface area contributed by atoms with Crippen molar-refractivity contribution >= 4 is 17.4 Å². The maximum Gasteiger partial charge on any atom is 0.265 e. The topological polar surface area (TPSA) is 78.3 Å². The zero-order valence-corrected chi connectivity index (χ0v) is 11.3. The number of carbonyl (C=O) groups is 1. The van der Waals surface area contributed by atoms with Crippen LogP contribution in [-0.4, -0.2) is 58.3 Å². The molecule has 1 aromatic rings. The number of amides is 1.